The van der Waals surface area contributed by atoms with Crippen LogP contribution in [-0.2, 0) is 10.8 Å². The van der Waals surface area contributed by atoms with Crippen LogP contribution in [0, 0.1) is 0 Å². The van der Waals surface area contributed by atoms with Gasteiger partial charge in [0.1, 0.15) is 0 Å². The Morgan fingerprint density at radius 3 is 2.71 bits per heavy atom. The van der Waals surface area contributed by atoms with Gasteiger partial charge < -0.3 is 10.6 Å². The van der Waals surface area contributed by atoms with Crippen LogP contribution >= 0.6 is 0 Å². The zero-order valence-corrected chi connectivity index (χ0v) is 9.36. The van der Waals surface area contributed by atoms with Crippen molar-refractivity contribution in [3.8, 4) is 0 Å². The van der Waals surface area contributed by atoms with E-state index < -0.39 is 10.8 Å². The maximum atomic E-state index is 11.2. The number of carbonyl (C=O) groups excluding carboxylic acids is 1. The van der Waals surface area contributed by atoms with Crippen LogP contribution in [0.3, 0.4) is 0 Å². The van der Waals surface area contributed by atoms with Gasteiger partial charge in [-0.05, 0) is 25.7 Å². The fraction of sp³-hybridized carbons (Fsp3) is 0.889. The predicted octanol–water partition coefficient (Wildman–Crippen LogP) is 0.607. The summed E-state index contributed by atoms with van der Waals surface area (Å²) in [6.07, 6.45) is 5.88. The van der Waals surface area contributed by atoms with E-state index in [1.54, 1.807) is 6.26 Å². The van der Waals surface area contributed by atoms with Gasteiger partial charge in [0.05, 0.1) is 0 Å². The summed E-state index contributed by atoms with van der Waals surface area (Å²) in [6, 6.07) is 0.298. The summed E-state index contributed by atoms with van der Waals surface area (Å²) in [6.45, 7) is 0.609. The minimum absolute atomic E-state index is 0.0865. The number of nitrogens with one attached hydrogen (secondary N) is 2. The third kappa shape index (κ3) is 4.60. The third-order valence-corrected chi connectivity index (χ3v) is 3.20. The van der Waals surface area contributed by atoms with Crippen molar-refractivity contribution in [1.82, 2.24) is 10.6 Å². The topological polar surface area (TPSA) is 58.2 Å². The largest absolute Gasteiger partial charge is 0.338 e. The molecule has 1 rings (SSSR count). The van der Waals surface area contributed by atoms with Gasteiger partial charge in [-0.3, -0.25) is 4.21 Å². The van der Waals surface area contributed by atoms with Gasteiger partial charge >= 0.3 is 6.03 Å². The van der Waals surface area contributed by atoms with Gasteiger partial charge in [-0.2, -0.15) is 0 Å². The van der Waals surface area contributed by atoms with Crippen molar-refractivity contribution >= 4 is 16.8 Å². The van der Waals surface area contributed by atoms with Gasteiger partial charge in [-0.15, -0.1) is 0 Å². The summed E-state index contributed by atoms with van der Waals surface area (Å²) < 4.78 is 10.7. The first-order valence-electron chi connectivity index (χ1n) is 5.03. The van der Waals surface area contributed by atoms with Crippen molar-refractivity contribution < 1.29 is 9.00 Å². The van der Waals surface area contributed by atoms with E-state index in [1.807, 2.05) is 0 Å². The fourth-order valence-corrected chi connectivity index (χ4v) is 1.82. The van der Waals surface area contributed by atoms with E-state index in [9.17, 15) is 9.00 Å². The molecule has 0 bridgehead atoms. The summed E-state index contributed by atoms with van der Waals surface area (Å²) in [7, 11) is -0.753. The molecule has 1 fully saturated rings. The number of urea groups is 1. The second-order valence-electron chi connectivity index (χ2n) is 3.66. The van der Waals surface area contributed by atoms with Crippen LogP contribution in [0.15, 0.2) is 0 Å². The zero-order chi connectivity index (χ0) is 10.4. The van der Waals surface area contributed by atoms with Crippen LogP contribution < -0.4 is 10.6 Å². The highest BCUT2D eigenvalue weighted by Crippen LogP contribution is 2.17. The van der Waals surface area contributed by atoms with Gasteiger partial charge in [0.15, 0.2) is 0 Å². The van der Waals surface area contributed by atoms with Crippen molar-refractivity contribution in [3.63, 3.8) is 0 Å². The number of hydrogen-bond acceptors (Lipinski definition) is 2. The smallest absolute Gasteiger partial charge is 0.315 e. The van der Waals surface area contributed by atoms with Crippen molar-refractivity contribution in [2.75, 3.05) is 18.6 Å². The highest BCUT2D eigenvalue weighted by Gasteiger charge is 2.18. The van der Waals surface area contributed by atoms with Crippen LogP contribution in [0.25, 0.3) is 0 Å². The summed E-state index contributed by atoms with van der Waals surface area (Å²) in [5.74, 6) is 0.656. The minimum atomic E-state index is -0.753. The average molecular weight is 218 g/mol. The van der Waals surface area contributed by atoms with E-state index in [2.05, 4.69) is 10.6 Å². The maximum Gasteiger partial charge on any atom is 0.315 e. The number of rotatable bonds is 5. The van der Waals surface area contributed by atoms with Crippen molar-refractivity contribution in [3.05, 3.63) is 0 Å². The van der Waals surface area contributed by atoms with Gasteiger partial charge in [0, 0.05) is 35.4 Å². The molecule has 14 heavy (non-hydrogen) atoms. The lowest BCUT2D eigenvalue weighted by molar-refractivity contribution is 0.228. The van der Waals surface area contributed by atoms with Gasteiger partial charge in [-0.25, -0.2) is 4.79 Å². The molecular weight excluding hydrogens is 200 g/mol. The Kier molecular flexibility index (Phi) is 4.93. The van der Waals surface area contributed by atoms with E-state index in [0.29, 0.717) is 18.3 Å². The SMILES string of the molecule is CS(=O)CCCNC(=O)NC1CCC1. The van der Waals surface area contributed by atoms with Crippen LogP contribution in [0.1, 0.15) is 25.7 Å². The molecule has 4 nitrogen and oxygen atoms in total. The fourth-order valence-electron chi connectivity index (χ4n) is 1.27. The zero-order valence-electron chi connectivity index (χ0n) is 8.54. The van der Waals surface area contributed by atoms with Crippen molar-refractivity contribution in [2.24, 2.45) is 0 Å². The number of amides is 2. The van der Waals surface area contributed by atoms with E-state index in [4.69, 9.17) is 0 Å². The van der Waals surface area contributed by atoms with Gasteiger partial charge in [0.2, 0.25) is 0 Å². The molecule has 0 aromatic heterocycles. The highest BCUT2D eigenvalue weighted by molar-refractivity contribution is 7.84. The molecule has 5 heteroatoms. The Balaban J connectivity index is 1.94. The molecule has 1 aliphatic rings. The summed E-state index contributed by atoms with van der Waals surface area (Å²) in [5.41, 5.74) is 0. The molecule has 0 aromatic carbocycles. The lowest BCUT2D eigenvalue weighted by Gasteiger charge is -2.26. The molecule has 0 aromatic rings. The number of hydrogen-bond donors (Lipinski definition) is 2. The predicted molar refractivity (Wildman–Crippen MR) is 57.7 cm³/mol. The van der Waals surface area contributed by atoms with E-state index in [-0.39, 0.29) is 6.03 Å². The monoisotopic (exact) mass is 218 g/mol. The molecule has 1 atom stereocenters. The molecule has 1 aliphatic carbocycles. The molecule has 0 radical (unpaired) electrons. The van der Waals surface area contributed by atoms with Crippen molar-refractivity contribution in [1.29, 1.82) is 0 Å². The summed E-state index contributed by atoms with van der Waals surface area (Å²) in [5, 5.41) is 5.63. The van der Waals surface area contributed by atoms with Gasteiger partial charge in [0.25, 0.3) is 0 Å². The Hall–Kier alpha value is -0.580. The molecule has 0 aliphatic heterocycles. The van der Waals surface area contributed by atoms with Crippen LogP contribution in [0.2, 0.25) is 0 Å². The molecule has 2 N–H and O–H groups in total. The quantitative estimate of drug-likeness (QED) is 0.664. The van der Waals surface area contributed by atoms with E-state index >= 15 is 0 Å². The summed E-state index contributed by atoms with van der Waals surface area (Å²) in [4.78, 5) is 11.2. The lowest BCUT2D eigenvalue weighted by atomic mass is 9.93. The molecular formula is C9H18N2O2S. The normalized spacial score (nSPS) is 18.4. The first kappa shape index (κ1) is 11.5. The molecule has 1 unspecified atom stereocenters. The van der Waals surface area contributed by atoms with E-state index in [0.717, 1.165) is 19.3 Å². The highest BCUT2D eigenvalue weighted by atomic mass is 32.2. The maximum absolute atomic E-state index is 11.2. The van der Waals surface area contributed by atoms with Crippen LogP contribution in [0.5, 0.6) is 0 Å². The first-order chi connectivity index (χ1) is 6.68. The molecule has 2 amide bonds. The first-order valence-corrected chi connectivity index (χ1v) is 6.75. The molecule has 0 saturated heterocycles. The lowest BCUT2D eigenvalue weighted by Crippen LogP contribution is -2.45. The van der Waals surface area contributed by atoms with Crippen LogP contribution in [0.4, 0.5) is 4.79 Å². The summed E-state index contributed by atoms with van der Waals surface area (Å²) >= 11 is 0. The average Bonchev–Trinajstić information content (AvgIpc) is 2.05. The molecule has 1 saturated carbocycles. The van der Waals surface area contributed by atoms with Crippen molar-refractivity contribution in [2.45, 2.75) is 31.7 Å². The Labute approximate surface area is 87.3 Å². The standard InChI is InChI=1S/C9H18N2O2S/c1-14(13)7-3-6-10-9(12)11-8-4-2-5-8/h8H,2-7H2,1H3,(H2,10,11,12). The van der Waals surface area contributed by atoms with E-state index in [1.165, 1.54) is 6.42 Å². The second kappa shape index (κ2) is 6.01. The number of carbonyl (C=O) groups is 1. The Morgan fingerprint density at radius 1 is 1.50 bits per heavy atom. The minimum Gasteiger partial charge on any atom is -0.338 e. The Morgan fingerprint density at radius 2 is 2.21 bits per heavy atom. The van der Waals surface area contributed by atoms with Gasteiger partial charge in [-0.1, -0.05) is 0 Å². The molecule has 0 spiro atoms. The van der Waals surface area contributed by atoms with Crippen LogP contribution in [-0.4, -0.2) is 34.8 Å². The Bertz CT molecular complexity index is 217. The molecule has 0 heterocycles. The second-order valence-corrected chi connectivity index (χ2v) is 5.21. The third-order valence-electron chi connectivity index (χ3n) is 2.33. The molecule has 82 valence electrons.